The Morgan fingerprint density at radius 2 is 1.50 bits per heavy atom. The number of ether oxygens (including phenoxy) is 3. The first-order chi connectivity index (χ1) is 21.1. The molecule has 0 unspecified atom stereocenters. The number of ketones is 2. The smallest absolute Gasteiger partial charge is 0.345 e. The Morgan fingerprint density at radius 3 is 2.07 bits per heavy atom. The van der Waals surface area contributed by atoms with Crippen molar-refractivity contribution in [3.05, 3.63) is 71.8 Å². The van der Waals surface area contributed by atoms with Gasteiger partial charge in [-0.15, -0.1) is 0 Å². The van der Waals surface area contributed by atoms with Crippen molar-refractivity contribution in [2.24, 2.45) is 5.92 Å². The van der Waals surface area contributed by atoms with Gasteiger partial charge in [0.25, 0.3) is 0 Å². The van der Waals surface area contributed by atoms with Crippen LogP contribution in [0.25, 0.3) is 0 Å². The van der Waals surface area contributed by atoms with E-state index in [0.717, 1.165) is 11.1 Å². The fourth-order valence-corrected chi connectivity index (χ4v) is 5.10. The van der Waals surface area contributed by atoms with Crippen molar-refractivity contribution >= 4 is 23.4 Å². The quantitative estimate of drug-likeness (QED) is 0.259. The average Bonchev–Trinajstić information content (AvgIpc) is 3.77. The highest BCUT2D eigenvalue weighted by molar-refractivity contribution is 5.98. The lowest BCUT2D eigenvalue weighted by atomic mass is 9.89. The summed E-state index contributed by atoms with van der Waals surface area (Å²) in [5.41, 5.74) is 0.596. The van der Waals surface area contributed by atoms with Crippen molar-refractivity contribution in [3.8, 4) is 0 Å². The molecular weight excluding hydrogens is 576 g/mol. The Bertz CT molecular complexity index is 1260. The molecule has 2 aromatic carbocycles. The molecule has 4 rings (SSSR count). The molecule has 2 N–H and O–H groups in total. The number of hydrogen-bond acceptors (Lipinski definition) is 8. The lowest BCUT2D eigenvalue weighted by Gasteiger charge is -2.27. The van der Waals surface area contributed by atoms with Gasteiger partial charge in [0.05, 0.1) is 39.0 Å². The van der Waals surface area contributed by atoms with Crippen LogP contribution >= 0.6 is 0 Å². The van der Waals surface area contributed by atoms with Crippen molar-refractivity contribution in [2.45, 2.75) is 50.5 Å². The monoisotopic (exact) mass is 615 g/mol. The molecule has 12 heteroatoms. The zero-order valence-corrected chi connectivity index (χ0v) is 24.7. The number of nitrogens with one attached hydrogen (secondary N) is 2. The van der Waals surface area contributed by atoms with E-state index in [-0.39, 0.29) is 38.2 Å². The van der Waals surface area contributed by atoms with E-state index in [4.69, 9.17) is 9.47 Å². The number of nitrogens with zero attached hydrogens (tertiary/aromatic N) is 1. The van der Waals surface area contributed by atoms with Crippen LogP contribution in [0.15, 0.2) is 60.7 Å². The molecule has 0 saturated carbocycles. The van der Waals surface area contributed by atoms with E-state index in [1.165, 1.54) is 0 Å². The number of carbonyl (C=O) groups excluding carboxylic acids is 4. The number of amides is 2. The van der Waals surface area contributed by atoms with Crippen molar-refractivity contribution in [1.82, 2.24) is 15.5 Å². The van der Waals surface area contributed by atoms with Crippen molar-refractivity contribution in [3.63, 3.8) is 0 Å². The number of benzene rings is 2. The maximum atomic E-state index is 13.8. The van der Waals surface area contributed by atoms with Crippen LogP contribution in [0.3, 0.4) is 0 Å². The van der Waals surface area contributed by atoms with Gasteiger partial charge in [-0.3, -0.25) is 24.1 Å². The van der Waals surface area contributed by atoms with E-state index in [9.17, 15) is 28.0 Å². The van der Waals surface area contributed by atoms with Crippen molar-refractivity contribution in [2.75, 3.05) is 46.1 Å². The second-order valence-electron chi connectivity index (χ2n) is 11.3. The third-order valence-electron chi connectivity index (χ3n) is 7.74. The van der Waals surface area contributed by atoms with Gasteiger partial charge in [-0.05, 0) is 30.9 Å². The Morgan fingerprint density at radius 1 is 0.909 bits per heavy atom. The fourth-order valence-electron chi connectivity index (χ4n) is 5.10. The molecule has 44 heavy (non-hydrogen) atoms. The summed E-state index contributed by atoms with van der Waals surface area (Å²) < 4.78 is 41.0. The summed E-state index contributed by atoms with van der Waals surface area (Å²) in [6.07, 6.45) is -0.0166. The van der Waals surface area contributed by atoms with E-state index >= 15 is 0 Å². The maximum Gasteiger partial charge on any atom is 0.345 e. The Hall–Kier alpha value is -3.58. The zero-order chi connectivity index (χ0) is 31.5. The van der Waals surface area contributed by atoms with Gasteiger partial charge in [0.2, 0.25) is 11.8 Å². The third-order valence-corrected chi connectivity index (χ3v) is 7.74. The predicted molar refractivity (Wildman–Crippen MR) is 156 cm³/mol. The van der Waals surface area contributed by atoms with Crippen LogP contribution in [0.2, 0.25) is 0 Å². The van der Waals surface area contributed by atoms with Crippen LogP contribution in [-0.2, 0) is 46.2 Å². The zero-order valence-electron chi connectivity index (χ0n) is 24.7. The summed E-state index contributed by atoms with van der Waals surface area (Å²) in [7, 11) is 0. The predicted octanol–water partition coefficient (Wildman–Crippen LogP) is 1.95. The van der Waals surface area contributed by atoms with Gasteiger partial charge in [0.15, 0.2) is 11.6 Å². The molecule has 2 aliphatic heterocycles. The van der Waals surface area contributed by atoms with Gasteiger partial charge in [-0.1, -0.05) is 60.7 Å². The minimum absolute atomic E-state index is 0.0418. The summed E-state index contributed by atoms with van der Waals surface area (Å²) in [5.74, 6) is -2.96. The average molecular weight is 616 g/mol. The van der Waals surface area contributed by atoms with E-state index in [0.29, 0.717) is 26.3 Å². The molecule has 2 fully saturated rings. The first-order valence-electron chi connectivity index (χ1n) is 14.7. The molecule has 2 saturated heterocycles. The number of Topliss-reactive ketones (excluding diaryl/α,β-unsaturated/α-hetero) is 2. The largest absolute Gasteiger partial charge is 0.379 e. The number of alkyl halides is 2. The summed E-state index contributed by atoms with van der Waals surface area (Å²) in [6, 6.07) is 15.9. The van der Waals surface area contributed by atoms with Crippen LogP contribution in [0.4, 0.5) is 8.78 Å². The molecule has 238 valence electrons. The third kappa shape index (κ3) is 10.3. The molecular formula is C32H39F2N3O7. The van der Waals surface area contributed by atoms with Gasteiger partial charge >= 0.3 is 6.61 Å². The number of halogens is 2. The van der Waals surface area contributed by atoms with E-state index in [1.807, 2.05) is 41.3 Å². The van der Waals surface area contributed by atoms with E-state index in [1.54, 1.807) is 31.2 Å². The minimum atomic E-state index is -3.15. The van der Waals surface area contributed by atoms with Gasteiger partial charge in [0.1, 0.15) is 11.6 Å². The molecule has 0 spiro atoms. The first kappa shape index (κ1) is 33.3. The van der Waals surface area contributed by atoms with Crippen LogP contribution in [0.1, 0.15) is 24.5 Å². The van der Waals surface area contributed by atoms with Crippen molar-refractivity contribution in [1.29, 1.82) is 0 Å². The van der Waals surface area contributed by atoms with Gasteiger partial charge in [-0.25, -0.2) is 0 Å². The second-order valence-corrected chi connectivity index (χ2v) is 11.3. The normalized spacial score (nSPS) is 20.4. The lowest BCUT2D eigenvalue weighted by molar-refractivity contribution is -0.147. The molecule has 2 aliphatic rings. The second kappa shape index (κ2) is 15.9. The Kier molecular flexibility index (Phi) is 12.1. The summed E-state index contributed by atoms with van der Waals surface area (Å²) in [4.78, 5) is 55.3. The van der Waals surface area contributed by atoms with Gasteiger partial charge in [-0.2, -0.15) is 8.78 Å². The SMILES string of the molecule is C[C@]1(C(=O)[C@H](Cc2ccccc2)NC(=O)[C@@H](CC(=O)[C@H](COC(F)F)NC(=O)CN2CCOCC2)Cc2ccccc2)CO1. The van der Waals surface area contributed by atoms with Gasteiger partial charge in [0, 0.05) is 25.4 Å². The molecule has 0 radical (unpaired) electrons. The fraction of sp³-hybridized carbons (Fsp3) is 0.500. The number of carbonyl (C=O) groups is 4. The maximum absolute atomic E-state index is 13.8. The summed E-state index contributed by atoms with van der Waals surface area (Å²) in [6.45, 7) is -0.0839. The summed E-state index contributed by atoms with van der Waals surface area (Å²) in [5, 5.41) is 5.36. The van der Waals surface area contributed by atoms with Crippen LogP contribution in [0, 0.1) is 5.92 Å². The topological polar surface area (TPSA) is 127 Å². The van der Waals surface area contributed by atoms with Crippen LogP contribution < -0.4 is 10.6 Å². The highest BCUT2D eigenvalue weighted by Gasteiger charge is 2.50. The van der Waals surface area contributed by atoms with Crippen LogP contribution in [0.5, 0.6) is 0 Å². The Labute approximate surface area is 255 Å². The highest BCUT2D eigenvalue weighted by atomic mass is 19.3. The molecule has 2 amide bonds. The summed E-state index contributed by atoms with van der Waals surface area (Å²) >= 11 is 0. The van der Waals surface area contributed by atoms with Gasteiger partial charge < -0.3 is 24.8 Å². The first-order valence-corrected chi connectivity index (χ1v) is 14.7. The minimum Gasteiger partial charge on any atom is -0.379 e. The molecule has 4 atom stereocenters. The Balaban J connectivity index is 1.50. The number of rotatable bonds is 17. The van der Waals surface area contributed by atoms with Crippen molar-refractivity contribution < 1.29 is 42.2 Å². The van der Waals surface area contributed by atoms with Crippen LogP contribution in [-0.4, -0.2) is 98.6 Å². The van der Waals surface area contributed by atoms with E-state index < -0.39 is 54.4 Å². The molecule has 10 nitrogen and oxygen atoms in total. The molecule has 0 aliphatic carbocycles. The number of morpholine rings is 1. The highest BCUT2D eigenvalue weighted by Crippen LogP contribution is 2.29. The lowest BCUT2D eigenvalue weighted by Crippen LogP contribution is -2.52. The molecule has 0 aromatic heterocycles. The molecule has 2 aromatic rings. The molecule has 0 bridgehead atoms. The van der Waals surface area contributed by atoms with E-state index in [2.05, 4.69) is 15.4 Å². The molecule has 2 heterocycles. The standard InChI is InChI=1S/C32H39F2N3O7/c1-32(21-44-32)29(40)25(17-23-10-6-3-7-11-23)36-30(41)24(16-22-8-4-2-5-9-22)18-27(38)26(20-43-31(33)34)35-28(39)19-37-12-14-42-15-13-37/h2-11,24-26,31H,12-21H2,1H3,(H,35,39)(H,36,41)/t24-,25+,26+,32-/m1/s1. The number of hydrogen-bond donors (Lipinski definition) is 2. The number of epoxide rings is 1.